The Morgan fingerprint density at radius 3 is 2.73 bits per heavy atom. The average molecular weight is 353 g/mol. The lowest BCUT2D eigenvalue weighted by Crippen LogP contribution is -2.23. The molecule has 0 aliphatic heterocycles. The van der Waals surface area contributed by atoms with Crippen molar-refractivity contribution in [2.45, 2.75) is 6.54 Å². The van der Waals surface area contributed by atoms with Crippen molar-refractivity contribution >= 4 is 11.6 Å². The molecule has 134 valence electrons. The highest BCUT2D eigenvalue weighted by molar-refractivity contribution is 5.92. The number of amides is 1. The highest BCUT2D eigenvalue weighted by atomic mass is 16.5. The van der Waals surface area contributed by atoms with E-state index in [-0.39, 0.29) is 18.1 Å². The average Bonchev–Trinajstić information content (AvgIpc) is 3.16. The zero-order valence-electron chi connectivity index (χ0n) is 14.5. The van der Waals surface area contributed by atoms with Crippen molar-refractivity contribution in [2.75, 3.05) is 20.0 Å². The summed E-state index contributed by atoms with van der Waals surface area (Å²) in [4.78, 5) is 16.6. The molecule has 1 heterocycles. The van der Waals surface area contributed by atoms with Gasteiger partial charge in [-0.25, -0.2) is 4.98 Å². The molecular weight excluding hydrogens is 334 g/mol. The highest BCUT2D eigenvalue weighted by Crippen LogP contribution is 2.26. The highest BCUT2D eigenvalue weighted by Gasteiger charge is 2.15. The molecule has 1 amide bonds. The maximum Gasteiger partial charge on any atom is 0.273 e. The molecule has 1 aromatic heterocycles. The zero-order chi connectivity index (χ0) is 18.5. The lowest BCUT2D eigenvalue weighted by molar-refractivity contribution is 0.0945. The number of ether oxygens (including phenoxy) is 2. The van der Waals surface area contributed by atoms with Crippen molar-refractivity contribution in [1.29, 1.82) is 0 Å². The number of carbonyl (C=O) groups excluding carboxylic acids is 1. The minimum atomic E-state index is -0.354. The van der Waals surface area contributed by atoms with Gasteiger partial charge in [-0.1, -0.05) is 12.1 Å². The van der Waals surface area contributed by atoms with Gasteiger partial charge in [-0.05, 0) is 24.3 Å². The van der Waals surface area contributed by atoms with Crippen LogP contribution in [-0.2, 0) is 6.54 Å². The number of aromatic nitrogens is 1. The molecule has 0 fully saturated rings. The molecule has 0 atom stereocenters. The van der Waals surface area contributed by atoms with Crippen LogP contribution in [0.2, 0.25) is 0 Å². The largest absolute Gasteiger partial charge is 0.497 e. The van der Waals surface area contributed by atoms with Crippen LogP contribution in [0.25, 0.3) is 11.5 Å². The molecule has 0 unspecified atom stereocenters. The van der Waals surface area contributed by atoms with E-state index < -0.39 is 0 Å². The Hall–Kier alpha value is -3.48. The minimum Gasteiger partial charge on any atom is -0.497 e. The van der Waals surface area contributed by atoms with E-state index in [1.807, 2.05) is 18.2 Å². The third kappa shape index (κ3) is 3.61. The number of para-hydroxylation sites is 1. The summed E-state index contributed by atoms with van der Waals surface area (Å²) in [5.41, 5.74) is 8.07. The number of hydrogen-bond acceptors (Lipinski definition) is 6. The molecule has 7 nitrogen and oxygen atoms in total. The van der Waals surface area contributed by atoms with Crippen molar-refractivity contribution in [3.05, 3.63) is 60.0 Å². The fraction of sp³-hybridized carbons (Fsp3) is 0.158. The molecule has 3 N–H and O–H groups in total. The first kappa shape index (κ1) is 17.3. The SMILES string of the molecule is COc1ccc(CNC(=O)c2coc(-c3ccccc3N)n2)c(OC)c1. The van der Waals surface area contributed by atoms with E-state index in [0.717, 1.165) is 5.56 Å². The molecule has 26 heavy (non-hydrogen) atoms. The second kappa shape index (κ2) is 7.60. The van der Waals surface area contributed by atoms with Gasteiger partial charge in [0.15, 0.2) is 5.69 Å². The first-order chi connectivity index (χ1) is 12.6. The van der Waals surface area contributed by atoms with Crippen LogP contribution in [0.3, 0.4) is 0 Å². The fourth-order valence-electron chi connectivity index (χ4n) is 2.46. The number of nitrogens with one attached hydrogen (secondary N) is 1. The van der Waals surface area contributed by atoms with Crippen LogP contribution < -0.4 is 20.5 Å². The third-order valence-corrected chi connectivity index (χ3v) is 3.86. The van der Waals surface area contributed by atoms with Crippen LogP contribution in [0.1, 0.15) is 16.1 Å². The minimum absolute atomic E-state index is 0.177. The summed E-state index contributed by atoms with van der Waals surface area (Å²) < 4.78 is 15.9. The van der Waals surface area contributed by atoms with Gasteiger partial charge >= 0.3 is 0 Å². The number of methoxy groups -OCH3 is 2. The van der Waals surface area contributed by atoms with Crippen LogP contribution in [0.4, 0.5) is 5.69 Å². The molecule has 2 aromatic carbocycles. The number of nitrogen functional groups attached to an aromatic ring is 1. The number of benzene rings is 2. The van der Waals surface area contributed by atoms with Crippen molar-refractivity contribution in [3.8, 4) is 23.0 Å². The molecule has 0 saturated carbocycles. The Morgan fingerprint density at radius 2 is 2.00 bits per heavy atom. The molecule has 3 aromatic rings. The molecule has 0 bridgehead atoms. The van der Waals surface area contributed by atoms with Crippen LogP contribution in [0, 0.1) is 0 Å². The summed E-state index contributed by atoms with van der Waals surface area (Å²) in [6, 6.07) is 12.6. The Labute approximate surface area is 150 Å². The summed E-state index contributed by atoms with van der Waals surface area (Å²) in [7, 11) is 3.14. The van der Waals surface area contributed by atoms with E-state index in [1.165, 1.54) is 6.26 Å². The van der Waals surface area contributed by atoms with Gasteiger partial charge in [0.2, 0.25) is 5.89 Å². The lowest BCUT2D eigenvalue weighted by atomic mass is 10.2. The van der Waals surface area contributed by atoms with Gasteiger partial charge in [-0.2, -0.15) is 0 Å². The van der Waals surface area contributed by atoms with Gasteiger partial charge in [0.25, 0.3) is 5.91 Å². The Bertz CT molecular complexity index is 921. The number of carbonyl (C=O) groups is 1. The van der Waals surface area contributed by atoms with Crippen molar-refractivity contribution in [3.63, 3.8) is 0 Å². The number of rotatable bonds is 6. The molecule has 0 spiro atoms. The quantitative estimate of drug-likeness (QED) is 0.661. The molecular formula is C19H19N3O4. The van der Waals surface area contributed by atoms with E-state index in [4.69, 9.17) is 19.6 Å². The Kier molecular flexibility index (Phi) is 5.07. The van der Waals surface area contributed by atoms with E-state index >= 15 is 0 Å². The van der Waals surface area contributed by atoms with Crippen molar-refractivity contribution < 1.29 is 18.7 Å². The number of oxazole rings is 1. The summed E-state index contributed by atoms with van der Waals surface area (Å²) >= 11 is 0. The molecule has 7 heteroatoms. The predicted molar refractivity (Wildman–Crippen MR) is 97.1 cm³/mol. The normalized spacial score (nSPS) is 10.4. The Morgan fingerprint density at radius 1 is 1.19 bits per heavy atom. The monoisotopic (exact) mass is 353 g/mol. The standard InChI is InChI=1S/C19H19N3O4/c1-24-13-8-7-12(17(9-13)25-2)10-21-18(23)16-11-26-19(22-16)14-5-3-4-6-15(14)20/h3-9,11H,10,20H2,1-2H3,(H,21,23). The lowest BCUT2D eigenvalue weighted by Gasteiger charge is -2.10. The van der Waals surface area contributed by atoms with E-state index in [2.05, 4.69) is 10.3 Å². The third-order valence-electron chi connectivity index (χ3n) is 3.86. The second-order valence-corrected chi connectivity index (χ2v) is 5.49. The van der Waals surface area contributed by atoms with Gasteiger partial charge in [0.1, 0.15) is 17.8 Å². The molecule has 0 aliphatic carbocycles. The van der Waals surface area contributed by atoms with Gasteiger partial charge in [-0.15, -0.1) is 0 Å². The van der Waals surface area contributed by atoms with E-state index in [9.17, 15) is 4.79 Å². The second-order valence-electron chi connectivity index (χ2n) is 5.49. The van der Waals surface area contributed by atoms with E-state index in [0.29, 0.717) is 28.6 Å². The van der Waals surface area contributed by atoms with Crippen LogP contribution in [0.15, 0.2) is 53.1 Å². The predicted octanol–water partition coefficient (Wildman–Crippen LogP) is 2.87. The maximum atomic E-state index is 12.3. The molecule has 0 radical (unpaired) electrons. The summed E-state index contributed by atoms with van der Waals surface area (Å²) in [5, 5.41) is 2.79. The summed E-state index contributed by atoms with van der Waals surface area (Å²) in [6.45, 7) is 0.279. The smallest absolute Gasteiger partial charge is 0.273 e. The first-order valence-electron chi connectivity index (χ1n) is 7.92. The number of hydrogen-bond donors (Lipinski definition) is 2. The Balaban J connectivity index is 1.71. The topological polar surface area (TPSA) is 99.6 Å². The molecule has 0 aliphatic rings. The van der Waals surface area contributed by atoms with Gasteiger partial charge < -0.3 is 24.9 Å². The van der Waals surface area contributed by atoms with Crippen LogP contribution in [0.5, 0.6) is 11.5 Å². The maximum absolute atomic E-state index is 12.3. The number of nitrogens with zero attached hydrogens (tertiary/aromatic N) is 1. The zero-order valence-corrected chi connectivity index (χ0v) is 14.5. The van der Waals surface area contributed by atoms with Crippen LogP contribution >= 0.6 is 0 Å². The van der Waals surface area contributed by atoms with Gasteiger partial charge in [-0.3, -0.25) is 4.79 Å². The molecule has 0 saturated heterocycles. The van der Waals surface area contributed by atoms with Crippen molar-refractivity contribution in [1.82, 2.24) is 10.3 Å². The van der Waals surface area contributed by atoms with Crippen molar-refractivity contribution in [2.24, 2.45) is 0 Å². The van der Waals surface area contributed by atoms with Gasteiger partial charge in [0, 0.05) is 23.9 Å². The summed E-state index contributed by atoms with van der Waals surface area (Å²) in [5.74, 6) is 1.25. The van der Waals surface area contributed by atoms with Gasteiger partial charge in [0.05, 0.1) is 19.8 Å². The fourth-order valence-corrected chi connectivity index (χ4v) is 2.46. The van der Waals surface area contributed by atoms with E-state index in [1.54, 1.807) is 38.5 Å². The number of anilines is 1. The van der Waals surface area contributed by atoms with Crippen LogP contribution in [-0.4, -0.2) is 25.1 Å². The summed E-state index contributed by atoms with van der Waals surface area (Å²) in [6.07, 6.45) is 1.31. The molecule has 3 rings (SSSR count). The first-order valence-corrected chi connectivity index (χ1v) is 7.92. The number of nitrogens with two attached hydrogens (primary N) is 1.